The SMILES string of the molecule is Cc1nc2c(c(C)c1CC(=O)NCC(C)(C)CC(C)O)c(=O)[nH]n2C. The summed E-state index contributed by atoms with van der Waals surface area (Å²) in [6.45, 7) is 9.95. The second-order valence-corrected chi connectivity index (χ2v) is 7.67. The predicted octanol–water partition coefficient (Wildman–Crippen LogP) is 1.33. The van der Waals surface area contributed by atoms with Crippen LogP contribution in [0.1, 0.15) is 44.0 Å². The monoisotopic (exact) mass is 348 g/mol. The Morgan fingerprint density at radius 3 is 2.64 bits per heavy atom. The van der Waals surface area contributed by atoms with E-state index in [2.05, 4.69) is 15.4 Å². The molecule has 0 aromatic carbocycles. The van der Waals surface area contributed by atoms with E-state index in [1.807, 2.05) is 27.7 Å². The lowest BCUT2D eigenvalue weighted by Gasteiger charge is -2.26. The average Bonchev–Trinajstić information content (AvgIpc) is 2.74. The highest BCUT2D eigenvalue weighted by Crippen LogP contribution is 2.22. The lowest BCUT2D eigenvalue weighted by atomic mass is 9.87. The van der Waals surface area contributed by atoms with Gasteiger partial charge in [0.2, 0.25) is 5.91 Å². The van der Waals surface area contributed by atoms with E-state index in [0.717, 1.165) is 16.8 Å². The van der Waals surface area contributed by atoms with Gasteiger partial charge >= 0.3 is 0 Å². The Hall–Kier alpha value is -2.15. The van der Waals surface area contributed by atoms with Gasteiger partial charge in [0, 0.05) is 19.3 Å². The highest BCUT2D eigenvalue weighted by atomic mass is 16.3. The third-order valence-corrected chi connectivity index (χ3v) is 4.53. The Morgan fingerprint density at radius 1 is 1.40 bits per heavy atom. The minimum absolute atomic E-state index is 0.113. The molecule has 138 valence electrons. The third kappa shape index (κ3) is 4.28. The van der Waals surface area contributed by atoms with Crippen molar-refractivity contribution >= 4 is 16.9 Å². The molecule has 0 aliphatic rings. The molecule has 1 atom stereocenters. The first-order valence-electron chi connectivity index (χ1n) is 8.51. The molecule has 2 aromatic rings. The number of aromatic amines is 1. The zero-order valence-corrected chi connectivity index (χ0v) is 15.9. The normalized spacial score (nSPS) is 13.2. The first-order chi connectivity index (χ1) is 11.5. The molecule has 0 spiro atoms. The van der Waals surface area contributed by atoms with E-state index in [4.69, 9.17) is 0 Å². The summed E-state index contributed by atoms with van der Waals surface area (Å²) in [7, 11) is 1.74. The van der Waals surface area contributed by atoms with Crippen LogP contribution in [0.2, 0.25) is 0 Å². The van der Waals surface area contributed by atoms with E-state index in [-0.39, 0.29) is 23.3 Å². The number of pyridine rings is 1. The van der Waals surface area contributed by atoms with Crippen molar-refractivity contribution in [2.75, 3.05) is 6.54 Å². The van der Waals surface area contributed by atoms with Crippen LogP contribution in [0.15, 0.2) is 4.79 Å². The molecular formula is C18H28N4O3. The average molecular weight is 348 g/mol. The molecule has 7 heteroatoms. The number of carbonyl (C=O) groups excluding carboxylic acids is 1. The van der Waals surface area contributed by atoms with Gasteiger partial charge < -0.3 is 10.4 Å². The lowest BCUT2D eigenvalue weighted by molar-refractivity contribution is -0.121. The van der Waals surface area contributed by atoms with Gasteiger partial charge in [0.1, 0.15) is 0 Å². The summed E-state index contributed by atoms with van der Waals surface area (Å²) >= 11 is 0. The first-order valence-corrected chi connectivity index (χ1v) is 8.51. The number of aryl methyl sites for hydroxylation is 3. The van der Waals surface area contributed by atoms with Gasteiger partial charge in [0.25, 0.3) is 5.56 Å². The number of aliphatic hydroxyl groups excluding tert-OH is 1. The van der Waals surface area contributed by atoms with Gasteiger partial charge in [0.05, 0.1) is 17.9 Å². The standard InChI is InChI=1S/C18H28N4O3/c1-10(23)8-18(4,5)9-19-14(24)7-13-11(2)15-16(20-12(13)3)22(6)21-17(15)25/h10,23H,7-9H2,1-6H3,(H,19,24)(H,21,25). The van der Waals surface area contributed by atoms with Crippen molar-refractivity contribution in [3.05, 3.63) is 27.2 Å². The van der Waals surface area contributed by atoms with Crippen LogP contribution in [-0.4, -0.2) is 38.4 Å². The number of nitrogens with zero attached hydrogens (tertiary/aromatic N) is 2. The van der Waals surface area contributed by atoms with Crippen molar-refractivity contribution in [3.8, 4) is 0 Å². The first kappa shape index (κ1) is 19.2. The van der Waals surface area contributed by atoms with Crippen LogP contribution >= 0.6 is 0 Å². The van der Waals surface area contributed by atoms with Crippen molar-refractivity contribution in [1.82, 2.24) is 20.1 Å². The molecule has 0 radical (unpaired) electrons. The fourth-order valence-electron chi connectivity index (χ4n) is 3.34. The summed E-state index contributed by atoms with van der Waals surface area (Å²) in [6, 6.07) is 0. The van der Waals surface area contributed by atoms with E-state index in [0.29, 0.717) is 24.0 Å². The minimum Gasteiger partial charge on any atom is -0.393 e. The van der Waals surface area contributed by atoms with E-state index in [1.165, 1.54) is 0 Å². The van der Waals surface area contributed by atoms with E-state index in [1.54, 1.807) is 18.7 Å². The third-order valence-electron chi connectivity index (χ3n) is 4.53. The van der Waals surface area contributed by atoms with E-state index < -0.39 is 6.10 Å². The molecule has 2 aromatic heterocycles. The number of aromatic nitrogens is 3. The molecule has 0 bridgehead atoms. The Balaban J connectivity index is 2.19. The molecule has 1 unspecified atom stereocenters. The van der Waals surface area contributed by atoms with Gasteiger partial charge in [-0.25, -0.2) is 4.98 Å². The van der Waals surface area contributed by atoms with Crippen molar-refractivity contribution in [2.24, 2.45) is 12.5 Å². The van der Waals surface area contributed by atoms with Gasteiger partial charge in [0.15, 0.2) is 5.65 Å². The molecule has 2 heterocycles. The van der Waals surface area contributed by atoms with Crippen molar-refractivity contribution in [3.63, 3.8) is 0 Å². The van der Waals surface area contributed by atoms with Crippen molar-refractivity contribution in [2.45, 2.75) is 53.6 Å². The minimum atomic E-state index is -0.409. The molecular weight excluding hydrogens is 320 g/mol. The van der Waals surface area contributed by atoms with Crippen LogP contribution < -0.4 is 10.9 Å². The smallest absolute Gasteiger partial charge is 0.273 e. The summed E-state index contributed by atoms with van der Waals surface area (Å²) in [5.74, 6) is -0.113. The Labute approximate surface area is 147 Å². The molecule has 0 saturated carbocycles. The maximum atomic E-state index is 12.4. The van der Waals surface area contributed by atoms with Crippen LogP contribution in [0.25, 0.3) is 11.0 Å². The number of rotatable bonds is 6. The molecule has 0 saturated heterocycles. The zero-order chi connectivity index (χ0) is 18.9. The Morgan fingerprint density at radius 2 is 2.04 bits per heavy atom. The number of amides is 1. The Bertz CT molecular complexity index is 846. The number of nitrogens with one attached hydrogen (secondary N) is 2. The lowest BCUT2D eigenvalue weighted by Crippen LogP contribution is -2.36. The molecule has 25 heavy (non-hydrogen) atoms. The van der Waals surface area contributed by atoms with Crippen LogP contribution in [0.5, 0.6) is 0 Å². The largest absolute Gasteiger partial charge is 0.393 e. The zero-order valence-electron chi connectivity index (χ0n) is 15.9. The summed E-state index contributed by atoms with van der Waals surface area (Å²) in [5, 5.41) is 15.7. The quantitative estimate of drug-likeness (QED) is 0.733. The maximum Gasteiger partial charge on any atom is 0.273 e. The molecule has 0 aliphatic heterocycles. The second-order valence-electron chi connectivity index (χ2n) is 7.67. The summed E-state index contributed by atoms with van der Waals surface area (Å²) in [4.78, 5) is 28.9. The van der Waals surface area contributed by atoms with Crippen molar-refractivity contribution in [1.29, 1.82) is 0 Å². The Kier molecular flexibility index (Phi) is 5.37. The fraction of sp³-hybridized carbons (Fsp3) is 0.611. The van der Waals surface area contributed by atoms with E-state index in [9.17, 15) is 14.7 Å². The van der Waals surface area contributed by atoms with Crippen molar-refractivity contribution < 1.29 is 9.90 Å². The van der Waals surface area contributed by atoms with Gasteiger partial charge in [-0.05, 0) is 43.7 Å². The van der Waals surface area contributed by atoms with Crippen LogP contribution in [0.3, 0.4) is 0 Å². The summed E-state index contributed by atoms with van der Waals surface area (Å²) in [6.07, 6.45) is 0.380. The highest BCUT2D eigenvalue weighted by molar-refractivity contribution is 5.84. The fourth-order valence-corrected chi connectivity index (χ4v) is 3.34. The highest BCUT2D eigenvalue weighted by Gasteiger charge is 2.22. The van der Waals surface area contributed by atoms with Gasteiger partial charge in [-0.2, -0.15) is 0 Å². The predicted molar refractivity (Wildman–Crippen MR) is 97.6 cm³/mol. The molecule has 2 rings (SSSR count). The summed E-state index contributed by atoms with van der Waals surface area (Å²) in [5.41, 5.74) is 2.55. The molecule has 1 amide bonds. The second kappa shape index (κ2) is 7.00. The molecule has 0 aliphatic carbocycles. The van der Waals surface area contributed by atoms with Gasteiger partial charge in [-0.1, -0.05) is 13.8 Å². The van der Waals surface area contributed by atoms with Gasteiger partial charge in [-0.3, -0.25) is 19.4 Å². The number of H-pyrrole nitrogens is 1. The number of aliphatic hydroxyl groups is 1. The molecule has 3 N–H and O–H groups in total. The maximum absolute atomic E-state index is 12.4. The number of hydrogen-bond acceptors (Lipinski definition) is 4. The number of fused-ring (bicyclic) bond motifs is 1. The van der Waals surface area contributed by atoms with Gasteiger partial charge in [-0.15, -0.1) is 0 Å². The van der Waals surface area contributed by atoms with Crippen LogP contribution in [0, 0.1) is 19.3 Å². The molecule has 0 fully saturated rings. The number of carbonyl (C=O) groups is 1. The van der Waals surface area contributed by atoms with Crippen LogP contribution in [-0.2, 0) is 18.3 Å². The topological polar surface area (TPSA) is 100 Å². The number of hydrogen-bond donors (Lipinski definition) is 3. The summed E-state index contributed by atoms with van der Waals surface area (Å²) < 4.78 is 1.60. The van der Waals surface area contributed by atoms with E-state index >= 15 is 0 Å². The van der Waals surface area contributed by atoms with Crippen LogP contribution in [0.4, 0.5) is 0 Å². The molecule has 7 nitrogen and oxygen atoms in total.